The predicted molar refractivity (Wildman–Crippen MR) is 64.3 cm³/mol. The molecule has 0 saturated heterocycles. The zero-order valence-corrected chi connectivity index (χ0v) is 10.1. The van der Waals surface area contributed by atoms with Crippen LogP contribution in [0, 0.1) is 6.92 Å². The number of hydrogen-bond donors (Lipinski definition) is 2. The minimum Gasteiger partial charge on any atom is -0.475 e. The van der Waals surface area contributed by atoms with E-state index >= 15 is 0 Å². The highest BCUT2D eigenvalue weighted by Crippen LogP contribution is 2.14. The van der Waals surface area contributed by atoms with E-state index in [-0.39, 0.29) is 5.76 Å². The van der Waals surface area contributed by atoms with E-state index in [4.69, 9.17) is 9.52 Å². The topological polar surface area (TPSA) is 80.3 Å². The maximum absolute atomic E-state index is 10.7. The Balaban J connectivity index is 1.81. The molecular weight excluding hydrogens is 234 g/mol. The molecule has 18 heavy (non-hydrogen) atoms. The van der Waals surface area contributed by atoms with E-state index in [2.05, 4.69) is 10.3 Å². The summed E-state index contributed by atoms with van der Waals surface area (Å²) >= 11 is 0. The summed E-state index contributed by atoms with van der Waals surface area (Å²) in [5, 5.41) is 12.0. The van der Waals surface area contributed by atoms with Crippen molar-refractivity contribution in [3.05, 3.63) is 41.9 Å². The monoisotopic (exact) mass is 249 g/mol. The van der Waals surface area contributed by atoms with Gasteiger partial charge in [-0.15, -0.1) is 0 Å². The number of nitrogens with one attached hydrogen (secondary N) is 1. The van der Waals surface area contributed by atoms with Crippen molar-refractivity contribution in [2.24, 2.45) is 0 Å². The Morgan fingerprint density at radius 1 is 1.61 bits per heavy atom. The van der Waals surface area contributed by atoms with Crippen molar-refractivity contribution in [1.29, 1.82) is 0 Å². The zero-order chi connectivity index (χ0) is 13.0. The van der Waals surface area contributed by atoms with Gasteiger partial charge in [-0.2, -0.15) is 0 Å². The van der Waals surface area contributed by atoms with E-state index in [0.29, 0.717) is 12.3 Å². The number of carboxylic acid groups (broad SMARTS) is 1. The van der Waals surface area contributed by atoms with Gasteiger partial charge in [0.15, 0.2) is 0 Å². The normalized spacial score (nSPS) is 10.7. The van der Waals surface area contributed by atoms with Crippen LogP contribution in [0.3, 0.4) is 0 Å². The summed E-state index contributed by atoms with van der Waals surface area (Å²) in [7, 11) is 0. The lowest BCUT2D eigenvalue weighted by atomic mass is 10.2. The summed E-state index contributed by atoms with van der Waals surface area (Å²) in [6.07, 6.45) is 5.39. The molecule has 0 atom stereocenters. The van der Waals surface area contributed by atoms with Gasteiger partial charge >= 0.3 is 5.97 Å². The molecule has 6 heteroatoms. The maximum atomic E-state index is 10.7. The molecule has 0 radical (unpaired) electrons. The molecule has 6 nitrogen and oxygen atoms in total. The number of carboxylic acids is 1. The van der Waals surface area contributed by atoms with Gasteiger partial charge in [0.05, 0.1) is 6.33 Å². The molecule has 0 amide bonds. The average molecular weight is 249 g/mol. The molecule has 0 aliphatic heterocycles. The van der Waals surface area contributed by atoms with Crippen LogP contribution in [0.25, 0.3) is 0 Å². The Morgan fingerprint density at radius 3 is 3.06 bits per heavy atom. The molecule has 0 spiro atoms. The lowest BCUT2D eigenvalue weighted by Gasteiger charge is -2.04. The second kappa shape index (κ2) is 5.50. The Labute approximate surface area is 104 Å². The first-order valence-electron chi connectivity index (χ1n) is 5.66. The van der Waals surface area contributed by atoms with E-state index in [9.17, 15) is 4.79 Å². The van der Waals surface area contributed by atoms with Gasteiger partial charge in [-0.25, -0.2) is 9.78 Å². The fourth-order valence-electron chi connectivity index (χ4n) is 1.65. The molecule has 96 valence electrons. The number of hydrogen-bond acceptors (Lipinski definition) is 4. The fraction of sp³-hybridized carbons (Fsp3) is 0.333. The molecule has 0 aliphatic rings. The van der Waals surface area contributed by atoms with Crippen LogP contribution in [0.15, 0.2) is 29.2 Å². The third-order valence-corrected chi connectivity index (χ3v) is 2.65. The molecule has 2 heterocycles. The van der Waals surface area contributed by atoms with Gasteiger partial charge in [-0.05, 0) is 13.0 Å². The summed E-state index contributed by atoms with van der Waals surface area (Å²) in [4.78, 5) is 14.7. The van der Waals surface area contributed by atoms with Gasteiger partial charge in [0.1, 0.15) is 5.76 Å². The number of imidazole rings is 1. The molecule has 2 rings (SSSR count). The minimum absolute atomic E-state index is 0.0149. The van der Waals surface area contributed by atoms with Crippen molar-refractivity contribution >= 4 is 5.97 Å². The summed E-state index contributed by atoms with van der Waals surface area (Å²) in [5.41, 5.74) is 0.873. The second-order valence-corrected chi connectivity index (χ2v) is 3.97. The van der Waals surface area contributed by atoms with Gasteiger partial charge in [0.2, 0.25) is 5.76 Å². The van der Waals surface area contributed by atoms with Crippen molar-refractivity contribution in [2.45, 2.75) is 20.0 Å². The molecule has 2 N–H and O–H groups in total. The quantitative estimate of drug-likeness (QED) is 0.754. The third-order valence-electron chi connectivity index (χ3n) is 2.65. The van der Waals surface area contributed by atoms with Crippen LogP contribution >= 0.6 is 0 Å². The highest BCUT2D eigenvalue weighted by atomic mass is 16.4. The number of nitrogens with zero attached hydrogens (tertiary/aromatic N) is 2. The van der Waals surface area contributed by atoms with E-state index in [0.717, 1.165) is 18.7 Å². The van der Waals surface area contributed by atoms with Gasteiger partial charge in [0.25, 0.3) is 0 Å². The molecule has 2 aromatic rings. The van der Waals surface area contributed by atoms with Gasteiger partial charge in [-0.3, -0.25) is 0 Å². The second-order valence-electron chi connectivity index (χ2n) is 3.97. The maximum Gasteiger partial charge on any atom is 0.371 e. The highest BCUT2D eigenvalue weighted by molar-refractivity contribution is 5.84. The van der Waals surface area contributed by atoms with Crippen LogP contribution in [0.4, 0.5) is 0 Å². The third kappa shape index (κ3) is 2.98. The summed E-state index contributed by atoms with van der Waals surface area (Å²) in [6, 6.07) is 1.56. The number of aryl methyl sites for hydroxylation is 1. The molecule has 0 aromatic carbocycles. The van der Waals surface area contributed by atoms with Crippen LogP contribution < -0.4 is 5.32 Å². The molecule has 2 aromatic heterocycles. The van der Waals surface area contributed by atoms with Crippen LogP contribution in [0.5, 0.6) is 0 Å². The van der Waals surface area contributed by atoms with Crippen molar-refractivity contribution in [3.8, 4) is 0 Å². The first-order chi connectivity index (χ1) is 8.66. The SMILES string of the molecule is Cc1oc(C(=O)O)cc1CNCCn1ccnc1. The Kier molecular flexibility index (Phi) is 3.78. The van der Waals surface area contributed by atoms with Crippen LogP contribution in [0.2, 0.25) is 0 Å². The van der Waals surface area contributed by atoms with Crippen molar-refractivity contribution in [3.63, 3.8) is 0 Å². The average Bonchev–Trinajstić information content (AvgIpc) is 2.94. The smallest absolute Gasteiger partial charge is 0.371 e. The number of rotatable bonds is 6. The predicted octanol–water partition coefficient (Wildman–Crippen LogP) is 1.27. The van der Waals surface area contributed by atoms with Crippen LogP contribution in [0.1, 0.15) is 21.9 Å². The lowest BCUT2D eigenvalue weighted by Crippen LogP contribution is -2.19. The largest absolute Gasteiger partial charge is 0.475 e. The number of carbonyl (C=O) groups is 1. The van der Waals surface area contributed by atoms with Crippen LogP contribution in [-0.2, 0) is 13.1 Å². The summed E-state index contributed by atoms with van der Waals surface area (Å²) in [5.74, 6) is -0.413. The number of furan rings is 1. The number of aromatic carboxylic acids is 1. The molecule has 0 aliphatic carbocycles. The van der Waals surface area contributed by atoms with E-state index in [1.54, 1.807) is 25.5 Å². The van der Waals surface area contributed by atoms with Crippen molar-refractivity contribution < 1.29 is 14.3 Å². The molecular formula is C12H15N3O3. The Hall–Kier alpha value is -2.08. The zero-order valence-electron chi connectivity index (χ0n) is 10.1. The molecule has 0 saturated carbocycles. The van der Waals surface area contributed by atoms with Crippen molar-refractivity contribution in [1.82, 2.24) is 14.9 Å². The minimum atomic E-state index is -1.04. The van der Waals surface area contributed by atoms with Gasteiger partial charge in [0, 0.05) is 37.6 Å². The molecule has 0 fully saturated rings. The van der Waals surface area contributed by atoms with Gasteiger partial charge < -0.3 is 19.4 Å². The van der Waals surface area contributed by atoms with Crippen LogP contribution in [-0.4, -0.2) is 27.2 Å². The fourth-order valence-corrected chi connectivity index (χ4v) is 1.65. The highest BCUT2D eigenvalue weighted by Gasteiger charge is 2.12. The summed E-state index contributed by atoms with van der Waals surface area (Å²) < 4.78 is 7.09. The first-order valence-corrected chi connectivity index (χ1v) is 5.66. The van der Waals surface area contributed by atoms with E-state index in [1.165, 1.54) is 0 Å². The summed E-state index contributed by atoms with van der Waals surface area (Å²) in [6.45, 7) is 3.96. The Morgan fingerprint density at radius 2 is 2.44 bits per heavy atom. The van der Waals surface area contributed by atoms with Gasteiger partial charge in [-0.1, -0.05) is 0 Å². The molecule has 0 unspecified atom stereocenters. The standard InChI is InChI=1S/C12H15N3O3/c1-9-10(6-11(18-9)12(16)17)7-13-2-4-15-5-3-14-8-15/h3,5-6,8,13H,2,4,7H2,1H3,(H,16,17). The lowest BCUT2D eigenvalue weighted by molar-refractivity contribution is 0.0661. The van der Waals surface area contributed by atoms with E-state index < -0.39 is 5.97 Å². The number of aromatic nitrogens is 2. The Bertz CT molecular complexity index is 517. The molecule has 0 bridgehead atoms. The van der Waals surface area contributed by atoms with E-state index in [1.807, 2.05) is 10.8 Å². The first kappa shape index (κ1) is 12.4. The van der Waals surface area contributed by atoms with Crippen molar-refractivity contribution in [2.75, 3.05) is 6.54 Å².